The number of carbonyl (C=O) groups excluding carboxylic acids is 1. The van der Waals surface area contributed by atoms with Crippen LogP contribution in [0.2, 0.25) is 0 Å². The fraction of sp³-hybridized carbons (Fsp3) is 0.200. The highest BCUT2D eigenvalue weighted by Gasteiger charge is 2.09. The van der Waals surface area contributed by atoms with Crippen LogP contribution in [0.25, 0.3) is 0 Å². The lowest BCUT2D eigenvalue weighted by molar-refractivity contribution is 0.0472. The second-order valence-electron chi connectivity index (χ2n) is 5.78. The third-order valence-corrected chi connectivity index (χ3v) is 3.70. The van der Waals surface area contributed by atoms with E-state index in [9.17, 15) is 9.90 Å². The monoisotopic (exact) mass is 352 g/mol. The van der Waals surface area contributed by atoms with Gasteiger partial charge in [0.2, 0.25) is 0 Å². The summed E-state index contributed by atoms with van der Waals surface area (Å²) in [6.45, 7) is 0.728. The number of hydrogen-bond acceptors (Lipinski definition) is 5. The minimum Gasteiger partial charge on any atom is -0.491 e. The highest BCUT2D eigenvalue weighted by atomic mass is 16.5. The van der Waals surface area contributed by atoms with Gasteiger partial charge in [-0.25, -0.2) is 4.79 Å². The van der Waals surface area contributed by atoms with Gasteiger partial charge in [-0.1, -0.05) is 30.3 Å². The van der Waals surface area contributed by atoms with Crippen LogP contribution in [0.5, 0.6) is 5.75 Å². The number of aromatic nitrogens is 2. The molecule has 1 heterocycles. The van der Waals surface area contributed by atoms with E-state index in [2.05, 4.69) is 5.10 Å². The van der Waals surface area contributed by atoms with Gasteiger partial charge < -0.3 is 14.6 Å². The average Bonchev–Trinajstić information content (AvgIpc) is 3.18. The van der Waals surface area contributed by atoms with E-state index in [0.29, 0.717) is 17.9 Å². The second kappa shape index (κ2) is 8.82. The number of rotatable bonds is 8. The van der Waals surface area contributed by atoms with Crippen molar-refractivity contribution in [2.45, 2.75) is 19.3 Å². The van der Waals surface area contributed by atoms with Crippen LogP contribution in [0.1, 0.15) is 15.9 Å². The van der Waals surface area contributed by atoms with Crippen LogP contribution in [0.4, 0.5) is 0 Å². The largest absolute Gasteiger partial charge is 0.491 e. The fourth-order valence-electron chi connectivity index (χ4n) is 2.36. The maximum Gasteiger partial charge on any atom is 0.338 e. The molecule has 3 aromatic rings. The molecule has 3 rings (SSSR count). The quantitative estimate of drug-likeness (QED) is 0.631. The Bertz CT molecular complexity index is 802. The molecule has 0 aliphatic rings. The van der Waals surface area contributed by atoms with Crippen molar-refractivity contribution in [2.75, 3.05) is 6.61 Å². The Hall–Kier alpha value is -3.12. The van der Waals surface area contributed by atoms with E-state index in [-0.39, 0.29) is 19.2 Å². The van der Waals surface area contributed by atoms with Crippen molar-refractivity contribution in [2.24, 2.45) is 0 Å². The van der Waals surface area contributed by atoms with Crippen LogP contribution in [-0.4, -0.2) is 33.6 Å². The van der Waals surface area contributed by atoms with Crippen LogP contribution in [-0.2, 0) is 17.9 Å². The third-order valence-electron chi connectivity index (χ3n) is 3.70. The van der Waals surface area contributed by atoms with E-state index < -0.39 is 6.10 Å². The van der Waals surface area contributed by atoms with E-state index in [1.165, 1.54) is 0 Å². The lowest BCUT2D eigenvalue weighted by atomic mass is 10.2. The summed E-state index contributed by atoms with van der Waals surface area (Å²) in [6, 6.07) is 18.0. The van der Waals surface area contributed by atoms with Crippen LogP contribution in [0.3, 0.4) is 0 Å². The van der Waals surface area contributed by atoms with Gasteiger partial charge in [-0.05, 0) is 35.9 Å². The van der Waals surface area contributed by atoms with Crippen LogP contribution in [0.15, 0.2) is 73.1 Å². The summed E-state index contributed by atoms with van der Waals surface area (Å²) >= 11 is 0. The molecular formula is C20H20N2O4. The number of ether oxygens (including phenoxy) is 2. The predicted octanol–water partition coefficient (Wildman–Crippen LogP) is 2.68. The number of aliphatic hydroxyl groups excluding tert-OH is 1. The molecule has 0 bridgehead atoms. The van der Waals surface area contributed by atoms with Crippen molar-refractivity contribution >= 4 is 5.97 Å². The molecule has 134 valence electrons. The molecule has 0 aliphatic carbocycles. The Morgan fingerprint density at radius 3 is 2.54 bits per heavy atom. The number of aliphatic hydroxyl groups is 1. The molecule has 6 heteroatoms. The summed E-state index contributed by atoms with van der Waals surface area (Å²) in [5.74, 6) is 0.184. The molecule has 0 amide bonds. The molecule has 6 nitrogen and oxygen atoms in total. The maximum absolute atomic E-state index is 12.1. The lowest BCUT2D eigenvalue weighted by Crippen LogP contribution is -2.23. The Balaban J connectivity index is 1.46. The van der Waals surface area contributed by atoms with Gasteiger partial charge in [0, 0.05) is 12.4 Å². The standard InChI is InChI=1S/C20H20N2O4/c23-18(13-22-12-4-11-21-22)15-25-19-9-7-17(8-10-19)20(24)26-14-16-5-2-1-3-6-16/h1-12,18,23H,13-15H2/t18-/m0/s1. The van der Waals surface area contributed by atoms with Crippen molar-refractivity contribution in [3.05, 3.63) is 84.2 Å². The molecule has 0 radical (unpaired) electrons. The first-order valence-electron chi connectivity index (χ1n) is 8.30. The molecule has 0 spiro atoms. The van der Waals surface area contributed by atoms with Gasteiger partial charge in [0.05, 0.1) is 12.1 Å². The van der Waals surface area contributed by atoms with Crippen LogP contribution < -0.4 is 4.74 Å². The van der Waals surface area contributed by atoms with E-state index in [1.807, 2.05) is 30.3 Å². The zero-order chi connectivity index (χ0) is 18.2. The third kappa shape index (κ3) is 5.19. The second-order valence-corrected chi connectivity index (χ2v) is 5.78. The van der Waals surface area contributed by atoms with Gasteiger partial charge in [0.25, 0.3) is 0 Å². The number of benzene rings is 2. The predicted molar refractivity (Wildman–Crippen MR) is 95.7 cm³/mol. The molecule has 1 N–H and O–H groups in total. The molecule has 0 saturated heterocycles. The smallest absolute Gasteiger partial charge is 0.338 e. The van der Waals surface area contributed by atoms with Crippen molar-refractivity contribution < 1.29 is 19.4 Å². The highest BCUT2D eigenvalue weighted by Crippen LogP contribution is 2.14. The Morgan fingerprint density at radius 1 is 1.08 bits per heavy atom. The van der Waals surface area contributed by atoms with Crippen molar-refractivity contribution in [1.29, 1.82) is 0 Å². The molecule has 0 fully saturated rings. The molecule has 0 unspecified atom stereocenters. The number of carbonyl (C=O) groups is 1. The van der Waals surface area contributed by atoms with E-state index in [4.69, 9.17) is 9.47 Å². The molecule has 26 heavy (non-hydrogen) atoms. The van der Waals surface area contributed by atoms with Gasteiger partial charge in [0.15, 0.2) is 0 Å². The molecule has 0 saturated carbocycles. The zero-order valence-electron chi connectivity index (χ0n) is 14.2. The van der Waals surface area contributed by atoms with Gasteiger partial charge >= 0.3 is 5.97 Å². The van der Waals surface area contributed by atoms with Gasteiger partial charge in [-0.15, -0.1) is 0 Å². The number of nitrogens with zero attached hydrogens (tertiary/aromatic N) is 2. The minimum absolute atomic E-state index is 0.137. The van der Waals surface area contributed by atoms with Gasteiger partial charge in [-0.3, -0.25) is 4.68 Å². The summed E-state index contributed by atoms with van der Waals surface area (Å²) in [4.78, 5) is 12.1. The summed E-state index contributed by atoms with van der Waals surface area (Å²) in [7, 11) is 0. The summed E-state index contributed by atoms with van der Waals surface area (Å²) in [5.41, 5.74) is 1.39. The van der Waals surface area contributed by atoms with E-state index in [0.717, 1.165) is 5.56 Å². The van der Waals surface area contributed by atoms with Crippen molar-refractivity contribution in [3.8, 4) is 5.75 Å². The molecule has 1 aromatic heterocycles. The molecular weight excluding hydrogens is 332 g/mol. The zero-order valence-corrected chi connectivity index (χ0v) is 14.2. The first-order chi connectivity index (χ1) is 12.7. The molecule has 0 aliphatic heterocycles. The number of esters is 1. The van der Waals surface area contributed by atoms with Gasteiger partial charge in [-0.2, -0.15) is 5.10 Å². The Labute approximate surface area is 151 Å². The minimum atomic E-state index is -0.676. The Kier molecular flexibility index (Phi) is 6.01. The Morgan fingerprint density at radius 2 is 1.85 bits per heavy atom. The lowest BCUT2D eigenvalue weighted by Gasteiger charge is -2.12. The summed E-state index contributed by atoms with van der Waals surface area (Å²) < 4.78 is 12.5. The summed E-state index contributed by atoms with van der Waals surface area (Å²) in [6.07, 6.45) is 2.76. The SMILES string of the molecule is O=C(OCc1ccccc1)c1ccc(OC[C@@H](O)Cn2cccn2)cc1. The average molecular weight is 352 g/mol. The van der Waals surface area contributed by atoms with Crippen LogP contribution in [0, 0.1) is 0 Å². The topological polar surface area (TPSA) is 73.6 Å². The molecule has 1 atom stereocenters. The van der Waals surface area contributed by atoms with E-state index in [1.54, 1.807) is 47.4 Å². The first kappa shape index (κ1) is 17.7. The van der Waals surface area contributed by atoms with Gasteiger partial charge in [0.1, 0.15) is 25.1 Å². The van der Waals surface area contributed by atoms with Crippen LogP contribution >= 0.6 is 0 Å². The van der Waals surface area contributed by atoms with Crippen molar-refractivity contribution in [3.63, 3.8) is 0 Å². The normalized spacial score (nSPS) is 11.7. The molecule has 2 aromatic carbocycles. The highest BCUT2D eigenvalue weighted by molar-refractivity contribution is 5.89. The first-order valence-corrected chi connectivity index (χ1v) is 8.30. The summed E-state index contributed by atoms with van der Waals surface area (Å²) in [5, 5.41) is 14.0. The van der Waals surface area contributed by atoms with E-state index >= 15 is 0 Å². The fourth-order valence-corrected chi connectivity index (χ4v) is 2.36. The maximum atomic E-state index is 12.1. The number of hydrogen-bond donors (Lipinski definition) is 1. The van der Waals surface area contributed by atoms with Crippen molar-refractivity contribution in [1.82, 2.24) is 9.78 Å².